The number of anilines is 2. The first-order valence-corrected chi connectivity index (χ1v) is 9.73. The van der Waals surface area contributed by atoms with Gasteiger partial charge >= 0.3 is 0 Å². The molecule has 0 bridgehead atoms. The number of likely N-dealkylation sites (tertiary alicyclic amines) is 1. The largest absolute Gasteiger partial charge is 0.348 e. The van der Waals surface area contributed by atoms with Crippen LogP contribution in [0.4, 0.5) is 10.9 Å². The van der Waals surface area contributed by atoms with Gasteiger partial charge in [-0.1, -0.05) is 6.42 Å². The van der Waals surface area contributed by atoms with E-state index in [1.54, 1.807) is 30.3 Å². The Hall–Kier alpha value is -2.06. The van der Waals surface area contributed by atoms with Crippen molar-refractivity contribution in [3.63, 3.8) is 0 Å². The summed E-state index contributed by atoms with van der Waals surface area (Å²) in [6.45, 7) is 5.28. The van der Waals surface area contributed by atoms with Crippen molar-refractivity contribution in [3.05, 3.63) is 28.7 Å². The van der Waals surface area contributed by atoms with Crippen LogP contribution in [-0.2, 0) is 4.79 Å². The predicted octanol–water partition coefficient (Wildman–Crippen LogP) is 2.91. The van der Waals surface area contributed by atoms with Crippen molar-refractivity contribution < 1.29 is 4.79 Å². The van der Waals surface area contributed by atoms with Gasteiger partial charge < -0.3 is 10.2 Å². The Balaban J connectivity index is 1.82. The maximum absolute atomic E-state index is 12.2. The Bertz CT molecular complexity index is 775. The number of hydrogen-bond acceptors (Lipinski definition) is 7. The van der Waals surface area contributed by atoms with E-state index in [9.17, 15) is 4.79 Å². The molecule has 1 aliphatic rings. The van der Waals surface area contributed by atoms with E-state index in [0.29, 0.717) is 6.54 Å². The van der Waals surface area contributed by atoms with Gasteiger partial charge in [-0.25, -0.2) is 15.0 Å². The van der Waals surface area contributed by atoms with Gasteiger partial charge in [0.05, 0.1) is 18.3 Å². The second kappa shape index (κ2) is 8.09. The number of likely N-dealkylation sites (N-methyl/N-ethyl adjacent to an activating group) is 1. The Morgan fingerprint density at radius 2 is 2.15 bits per heavy atom. The molecule has 0 unspecified atom stereocenters. The molecule has 1 amide bonds. The standard InChI is InChI=1S/C18H26N6OS/c1-12-10-19-18(26-12)22-16-9-14(20-13(2)21-16)15-7-5-6-8-24(15)11-17(25)23(3)4/h9-10,15H,5-8,11H2,1-4H3,(H,19,20,21,22)/t15-/m1/s1. The zero-order chi connectivity index (χ0) is 18.7. The number of thiazole rings is 1. The Kier molecular flexibility index (Phi) is 5.83. The summed E-state index contributed by atoms with van der Waals surface area (Å²) < 4.78 is 0. The van der Waals surface area contributed by atoms with E-state index >= 15 is 0 Å². The quantitative estimate of drug-likeness (QED) is 0.867. The van der Waals surface area contributed by atoms with Gasteiger partial charge in [0.2, 0.25) is 5.91 Å². The molecule has 8 heteroatoms. The minimum absolute atomic E-state index is 0.124. The van der Waals surface area contributed by atoms with Gasteiger partial charge in [-0.05, 0) is 33.2 Å². The molecule has 1 fully saturated rings. The lowest BCUT2D eigenvalue weighted by Crippen LogP contribution is -2.41. The number of amides is 1. The molecule has 0 spiro atoms. The number of piperidine rings is 1. The van der Waals surface area contributed by atoms with E-state index in [0.717, 1.165) is 53.2 Å². The number of carbonyl (C=O) groups excluding carboxylic acids is 1. The summed E-state index contributed by atoms with van der Waals surface area (Å²) >= 11 is 1.60. The molecule has 0 aromatic carbocycles. The van der Waals surface area contributed by atoms with Crippen LogP contribution < -0.4 is 5.32 Å². The van der Waals surface area contributed by atoms with E-state index in [2.05, 4.69) is 25.2 Å². The van der Waals surface area contributed by atoms with E-state index in [4.69, 9.17) is 0 Å². The summed E-state index contributed by atoms with van der Waals surface area (Å²) in [6.07, 6.45) is 5.12. The van der Waals surface area contributed by atoms with Crippen LogP contribution >= 0.6 is 11.3 Å². The first-order chi connectivity index (χ1) is 12.4. The van der Waals surface area contributed by atoms with Gasteiger partial charge in [0.25, 0.3) is 0 Å². The molecule has 0 radical (unpaired) electrons. The highest BCUT2D eigenvalue weighted by molar-refractivity contribution is 7.15. The minimum atomic E-state index is 0.124. The van der Waals surface area contributed by atoms with Gasteiger partial charge in [0, 0.05) is 31.2 Å². The van der Waals surface area contributed by atoms with E-state index in [1.165, 1.54) is 0 Å². The van der Waals surface area contributed by atoms with E-state index in [1.807, 2.05) is 26.1 Å². The monoisotopic (exact) mass is 374 g/mol. The lowest BCUT2D eigenvalue weighted by Gasteiger charge is -2.35. The molecular weight excluding hydrogens is 348 g/mol. The van der Waals surface area contributed by atoms with Gasteiger partial charge in [-0.2, -0.15) is 0 Å². The first-order valence-electron chi connectivity index (χ1n) is 8.91. The van der Waals surface area contributed by atoms with Gasteiger partial charge in [0.1, 0.15) is 11.6 Å². The fraction of sp³-hybridized carbons (Fsp3) is 0.556. The zero-order valence-corrected chi connectivity index (χ0v) is 16.6. The fourth-order valence-electron chi connectivity index (χ4n) is 3.18. The molecule has 26 heavy (non-hydrogen) atoms. The number of nitrogens with one attached hydrogen (secondary N) is 1. The summed E-state index contributed by atoms with van der Waals surface area (Å²) in [7, 11) is 3.60. The Morgan fingerprint density at radius 1 is 1.35 bits per heavy atom. The molecule has 1 aliphatic heterocycles. The molecule has 1 N–H and O–H groups in total. The number of nitrogens with zero attached hydrogens (tertiary/aromatic N) is 5. The maximum Gasteiger partial charge on any atom is 0.236 e. The molecule has 3 rings (SSSR count). The van der Waals surface area contributed by atoms with E-state index < -0.39 is 0 Å². The van der Waals surface area contributed by atoms with Crippen LogP contribution in [0, 0.1) is 13.8 Å². The van der Waals surface area contributed by atoms with Crippen molar-refractivity contribution in [2.45, 2.75) is 39.2 Å². The number of rotatable bonds is 5. The third-order valence-corrected chi connectivity index (χ3v) is 5.33. The average molecular weight is 375 g/mol. The Morgan fingerprint density at radius 3 is 2.85 bits per heavy atom. The molecule has 0 saturated carbocycles. The smallest absolute Gasteiger partial charge is 0.236 e. The molecule has 1 saturated heterocycles. The normalized spacial score (nSPS) is 17.9. The summed E-state index contributed by atoms with van der Waals surface area (Å²) in [4.78, 5) is 30.8. The SMILES string of the molecule is Cc1nc(Nc2ncc(C)s2)cc([C@H]2CCCCN2CC(=O)N(C)C)n1. The molecule has 2 aromatic rings. The Labute approximate surface area is 158 Å². The van der Waals surface area contributed by atoms with E-state index in [-0.39, 0.29) is 11.9 Å². The molecule has 140 valence electrons. The van der Waals surface area contributed by atoms with Crippen LogP contribution in [0.2, 0.25) is 0 Å². The number of hydrogen-bond donors (Lipinski definition) is 1. The van der Waals surface area contributed by atoms with Crippen LogP contribution in [0.5, 0.6) is 0 Å². The van der Waals surface area contributed by atoms with Crippen molar-refractivity contribution in [1.82, 2.24) is 24.8 Å². The van der Waals surface area contributed by atoms with Crippen LogP contribution in [0.3, 0.4) is 0 Å². The van der Waals surface area contributed by atoms with Crippen molar-refractivity contribution in [1.29, 1.82) is 0 Å². The number of carbonyl (C=O) groups is 1. The summed E-state index contributed by atoms with van der Waals surface area (Å²) in [5.74, 6) is 1.60. The van der Waals surface area contributed by atoms with Gasteiger partial charge in [-0.15, -0.1) is 11.3 Å². The van der Waals surface area contributed by atoms with Gasteiger partial charge in [-0.3, -0.25) is 9.69 Å². The number of aryl methyl sites for hydroxylation is 2. The molecule has 0 aliphatic carbocycles. The van der Waals surface area contributed by atoms with Gasteiger partial charge in [0.15, 0.2) is 5.13 Å². The summed E-state index contributed by atoms with van der Waals surface area (Å²) in [5.41, 5.74) is 0.972. The topological polar surface area (TPSA) is 74.2 Å². The van der Waals surface area contributed by atoms with Crippen molar-refractivity contribution >= 4 is 28.2 Å². The molecule has 7 nitrogen and oxygen atoms in total. The fourth-order valence-corrected chi connectivity index (χ4v) is 3.85. The van der Waals surface area contributed by atoms with Crippen molar-refractivity contribution in [2.24, 2.45) is 0 Å². The third kappa shape index (κ3) is 4.56. The molecular formula is C18H26N6OS. The second-order valence-corrected chi connectivity index (χ2v) is 8.13. The molecule has 1 atom stereocenters. The lowest BCUT2D eigenvalue weighted by atomic mass is 9.99. The van der Waals surface area contributed by atoms with Crippen LogP contribution in [0.15, 0.2) is 12.3 Å². The van der Waals surface area contributed by atoms with Crippen LogP contribution in [-0.4, -0.2) is 57.8 Å². The highest BCUT2D eigenvalue weighted by atomic mass is 32.1. The van der Waals surface area contributed by atoms with Crippen molar-refractivity contribution in [2.75, 3.05) is 32.5 Å². The highest BCUT2D eigenvalue weighted by Gasteiger charge is 2.27. The predicted molar refractivity (Wildman–Crippen MR) is 104 cm³/mol. The molecule has 2 aromatic heterocycles. The van der Waals surface area contributed by atoms with Crippen LogP contribution in [0.1, 0.15) is 41.7 Å². The maximum atomic E-state index is 12.2. The first kappa shape index (κ1) is 18.7. The average Bonchev–Trinajstić information content (AvgIpc) is 2.99. The number of aromatic nitrogens is 3. The lowest BCUT2D eigenvalue weighted by molar-refractivity contribution is -0.130. The summed E-state index contributed by atoms with van der Waals surface area (Å²) in [6, 6.07) is 2.14. The third-order valence-electron chi connectivity index (χ3n) is 4.51. The highest BCUT2D eigenvalue weighted by Crippen LogP contribution is 2.31. The van der Waals surface area contributed by atoms with Crippen LogP contribution in [0.25, 0.3) is 0 Å². The van der Waals surface area contributed by atoms with Crippen molar-refractivity contribution in [3.8, 4) is 0 Å². The zero-order valence-electron chi connectivity index (χ0n) is 15.8. The summed E-state index contributed by atoms with van der Waals surface area (Å²) in [5, 5.41) is 4.11. The minimum Gasteiger partial charge on any atom is -0.348 e. The second-order valence-electron chi connectivity index (χ2n) is 6.90. The molecule has 3 heterocycles.